The van der Waals surface area contributed by atoms with Crippen molar-refractivity contribution in [1.82, 2.24) is 15.1 Å². The maximum atomic E-state index is 12.1. The third-order valence-corrected chi connectivity index (χ3v) is 4.41. The first-order valence-corrected chi connectivity index (χ1v) is 8.05. The van der Waals surface area contributed by atoms with Gasteiger partial charge in [-0.05, 0) is 24.3 Å². The van der Waals surface area contributed by atoms with E-state index in [1.165, 1.54) is 28.2 Å². The molecule has 0 aliphatic carbocycles. The number of hydrogen-bond acceptors (Lipinski definition) is 5. The Bertz CT molecular complexity index is 906. The summed E-state index contributed by atoms with van der Waals surface area (Å²) in [5.41, 5.74) is 0.695. The summed E-state index contributed by atoms with van der Waals surface area (Å²) in [6.07, 6.45) is 1.58. The smallest absolute Gasteiger partial charge is 0.272 e. The summed E-state index contributed by atoms with van der Waals surface area (Å²) in [7, 11) is 0. The summed E-state index contributed by atoms with van der Waals surface area (Å²) in [4.78, 5) is 23.4. The Kier molecular flexibility index (Phi) is 4.59. The van der Waals surface area contributed by atoms with Crippen LogP contribution >= 0.6 is 22.9 Å². The molecular weight excluding hydrogens is 352 g/mol. The molecule has 0 radical (unpaired) electrons. The van der Waals surface area contributed by atoms with E-state index < -0.39 is 4.92 Å². The van der Waals surface area contributed by atoms with Gasteiger partial charge < -0.3 is 5.32 Å². The van der Waals surface area contributed by atoms with Gasteiger partial charge >= 0.3 is 0 Å². The molecule has 0 fully saturated rings. The van der Waals surface area contributed by atoms with Gasteiger partial charge in [-0.25, -0.2) is 4.68 Å². The summed E-state index contributed by atoms with van der Waals surface area (Å²) in [6.45, 7) is 0.361. The van der Waals surface area contributed by atoms with Crippen molar-refractivity contribution >= 4 is 34.5 Å². The van der Waals surface area contributed by atoms with E-state index in [-0.39, 0.29) is 17.3 Å². The van der Waals surface area contributed by atoms with E-state index in [0.29, 0.717) is 16.6 Å². The molecule has 0 spiro atoms. The molecule has 2 aromatic heterocycles. The average Bonchev–Trinajstić information content (AvgIpc) is 3.22. The molecule has 0 atom stereocenters. The van der Waals surface area contributed by atoms with E-state index in [0.717, 1.165) is 4.88 Å². The number of benzene rings is 1. The number of carbonyl (C=O) groups is 1. The molecule has 0 aliphatic heterocycles. The van der Waals surface area contributed by atoms with Crippen LogP contribution in [-0.4, -0.2) is 20.6 Å². The van der Waals surface area contributed by atoms with Gasteiger partial charge in [0.25, 0.3) is 11.6 Å². The number of amides is 1. The van der Waals surface area contributed by atoms with Gasteiger partial charge in [0.1, 0.15) is 0 Å². The number of rotatable bonds is 5. The van der Waals surface area contributed by atoms with Crippen molar-refractivity contribution < 1.29 is 9.72 Å². The number of aromatic nitrogens is 2. The fourth-order valence-electron chi connectivity index (χ4n) is 2.04. The van der Waals surface area contributed by atoms with Gasteiger partial charge in [-0.15, -0.1) is 11.3 Å². The summed E-state index contributed by atoms with van der Waals surface area (Å²) >= 11 is 7.23. The molecule has 1 N–H and O–H groups in total. The van der Waals surface area contributed by atoms with Gasteiger partial charge in [0.2, 0.25) is 0 Å². The first kappa shape index (κ1) is 16.2. The lowest BCUT2D eigenvalue weighted by atomic mass is 10.3. The van der Waals surface area contributed by atoms with E-state index in [4.69, 9.17) is 11.6 Å². The molecule has 3 rings (SSSR count). The van der Waals surface area contributed by atoms with Crippen LogP contribution in [0.1, 0.15) is 15.4 Å². The highest BCUT2D eigenvalue weighted by Gasteiger charge is 2.12. The minimum Gasteiger partial charge on any atom is -0.346 e. The monoisotopic (exact) mass is 362 g/mol. The molecule has 1 amide bonds. The largest absolute Gasteiger partial charge is 0.346 e. The fourth-order valence-corrected chi connectivity index (χ4v) is 3.07. The van der Waals surface area contributed by atoms with Crippen LogP contribution in [0.4, 0.5) is 5.69 Å². The molecule has 0 bridgehead atoms. The van der Waals surface area contributed by atoms with E-state index >= 15 is 0 Å². The maximum Gasteiger partial charge on any atom is 0.272 e. The second-order valence-electron chi connectivity index (χ2n) is 4.81. The molecule has 2 heterocycles. The average molecular weight is 363 g/mol. The van der Waals surface area contributed by atoms with Crippen LogP contribution in [0.15, 0.2) is 48.7 Å². The van der Waals surface area contributed by atoms with Crippen molar-refractivity contribution in [3.63, 3.8) is 0 Å². The number of nitro benzene ring substituents is 1. The van der Waals surface area contributed by atoms with Crippen molar-refractivity contribution in [1.29, 1.82) is 0 Å². The number of non-ortho nitro benzene ring substituents is 1. The molecule has 122 valence electrons. The fraction of sp³-hybridized carbons (Fsp3) is 0.0667. The quantitative estimate of drug-likeness (QED) is 0.556. The number of carbonyl (C=O) groups excluding carboxylic acids is 1. The summed E-state index contributed by atoms with van der Waals surface area (Å²) < 4.78 is 2.08. The van der Waals surface area contributed by atoms with E-state index in [2.05, 4.69) is 10.4 Å². The Balaban J connectivity index is 1.71. The lowest BCUT2D eigenvalue weighted by Gasteiger charge is -2.02. The van der Waals surface area contributed by atoms with Crippen LogP contribution < -0.4 is 5.32 Å². The van der Waals surface area contributed by atoms with Gasteiger partial charge in [-0.1, -0.05) is 17.7 Å². The molecule has 0 saturated heterocycles. The Morgan fingerprint density at radius 1 is 1.33 bits per heavy atom. The minimum absolute atomic E-state index is 0.0384. The van der Waals surface area contributed by atoms with Gasteiger partial charge in [0, 0.05) is 23.2 Å². The first-order chi connectivity index (χ1) is 11.5. The molecule has 9 heteroatoms. The second-order valence-corrected chi connectivity index (χ2v) is 6.61. The Morgan fingerprint density at radius 2 is 2.17 bits per heavy atom. The molecule has 24 heavy (non-hydrogen) atoms. The summed E-state index contributed by atoms with van der Waals surface area (Å²) in [5, 5.41) is 17.7. The second kappa shape index (κ2) is 6.81. The number of nitrogens with one attached hydrogen (secondary N) is 1. The van der Waals surface area contributed by atoms with E-state index in [9.17, 15) is 14.9 Å². The van der Waals surface area contributed by atoms with Crippen LogP contribution in [0.25, 0.3) is 5.69 Å². The number of hydrogen-bond donors (Lipinski definition) is 1. The van der Waals surface area contributed by atoms with Crippen molar-refractivity contribution in [2.24, 2.45) is 0 Å². The molecule has 0 unspecified atom stereocenters. The predicted molar refractivity (Wildman–Crippen MR) is 90.7 cm³/mol. The molecule has 1 aromatic carbocycles. The predicted octanol–water partition coefficient (Wildman–Crippen LogP) is 3.43. The maximum absolute atomic E-state index is 12.1. The Hall–Kier alpha value is -2.71. The van der Waals surface area contributed by atoms with Crippen molar-refractivity contribution in [3.8, 4) is 5.69 Å². The molecular formula is C15H11ClN4O3S. The molecule has 3 aromatic rings. The van der Waals surface area contributed by atoms with Crippen molar-refractivity contribution in [3.05, 3.63) is 73.7 Å². The normalized spacial score (nSPS) is 10.5. The lowest BCUT2D eigenvalue weighted by Crippen LogP contribution is -2.23. The third-order valence-electron chi connectivity index (χ3n) is 3.18. The van der Waals surface area contributed by atoms with Crippen molar-refractivity contribution in [2.75, 3.05) is 0 Å². The van der Waals surface area contributed by atoms with Gasteiger partial charge in [0.05, 0.1) is 21.5 Å². The number of nitrogens with zero attached hydrogens (tertiary/aromatic N) is 3. The number of halogens is 1. The topological polar surface area (TPSA) is 90.1 Å². The van der Waals surface area contributed by atoms with E-state index in [1.807, 2.05) is 6.07 Å². The summed E-state index contributed by atoms with van der Waals surface area (Å²) in [6, 6.07) is 11.2. The van der Waals surface area contributed by atoms with Crippen LogP contribution in [0.3, 0.4) is 0 Å². The molecule has 0 saturated carbocycles. The molecule has 0 aliphatic rings. The highest BCUT2D eigenvalue weighted by molar-refractivity contribution is 7.16. The zero-order valence-electron chi connectivity index (χ0n) is 12.2. The number of nitro groups is 1. The van der Waals surface area contributed by atoms with Gasteiger partial charge in [-0.3, -0.25) is 14.9 Å². The summed E-state index contributed by atoms with van der Waals surface area (Å²) in [5.74, 6) is -0.330. The third kappa shape index (κ3) is 3.61. The van der Waals surface area contributed by atoms with Crippen LogP contribution in [0.2, 0.25) is 4.34 Å². The zero-order chi connectivity index (χ0) is 17.1. The highest BCUT2D eigenvalue weighted by atomic mass is 35.5. The van der Waals surface area contributed by atoms with Gasteiger partial charge in [0.15, 0.2) is 5.69 Å². The van der Waals surface area contributed by atoms with Crippen LogP contribution in [-0.2, 0) is 6.54 Å². The first-order valence-electron chi connectivity index (χ1n) is 6.86. The Morgan fingerprint density at radius 3 is 2.88 bits per heavy atom. The van der Waals surface area contributed by atoms with Crippen LogP contribution in [0, 0.1) is 10.1 Å². The van der Waals surface area contributed by atoms with Gasteiger partial charge in [-0.2, -0.15) is 5.10 Å². The number of thiophene rings is 1. The van der Waals surface area contributed by atoms with E-state index in [1.54, 1.807) is 30.5 Å². The standard InChI is InChI=1S/C15H11ClN4O3S/c16-14-5-4-12(24-14)9-17-15(21)13-6-7-19(18-13)10-2-1-3-11(8-10)20(22)23/h1-8H,9H2,(H,17,21). The lowest BCUT2D eigenvalue weighted by molar-refractivity contribution is -0.384. The minimum atomic E-state index is -0.479. The Labute approximate surface area is 145 Å². The van der Waals surface area contributed by atoms with Crippen molar-refractivity contribution in [2.45, 2.75) is 6.54 Å². The highest BCUT2D eigenvalue weighted by Crippen LogP contribution is 2.21. The molecule has 7 nitrogen and oxygen atoms in total. The zero-order valence-corrected chi connectivity index (χ0v) is 13.8. The van der Waals surface area contributed by atoms with Crippen LogP contribution in [0.5, 0.6) is 0 Å². The SMILES string of the molecule is O=C(NCc1ccc(Cl)s1)c1ccn(-c2cccc([N+](=O)[O-])c2)n1.